The fourth-order valence-electron chi connectivity index (χ4n) is 2.57. The summed E-state index contributed by atoms with van der Waals surface area (Å²) < 4.78 is 9.61. The Morgan fingerprint density at radius 3 is 2.10 bits per heavy atom. The highest BCUT2D eigenvalue weighted by Crippen LogP contribution is 2.05. The van der Waals surface area contributed by atoms with E-state index in [1.54, 1.807) is 0 Å². The van der Waals surface area contributed by atoms with Crippen LogP contribution in [0.1, 0.15) is 17.5 Å². The van der Waals surface area contributed by atoms with E-state index in [1.807, 2.05) is 60.7 Å². The molecule has 0 saturated carbocycles. The molecular formula is C22H24N2O6. The van der Waals surface area contributed by atoms with Gasteiger partial charge in [-0.3, -0.25) is 14.4 Å². The maximum absolute atomic E-state index is 12.6. The fraction of sp³-hybridized carbons (Fsp3) is 0.273. The number of carbonyl (C=O) groups excluding carboxylic acids is 4. The van der Waals surface area contributed by atoms with Gasteiger partial charge in [0.05, 0.1) is 13.7 Å². The maximum atomic E-state index is 12.6. The Balaban J connectivity index is 1.95. The Bertz CT molecular complexity index is 854. The molecule has 8 heteroatoms. The quantitative estimate of drug-likeness (QED) is 0.455. The smallest absolute Gasteiger partial charge is 0.408 e. The number of ether oxygens (including phenoxy) is 2. The van der Waals surface area contributed by atoms with Crippen molar-refractivity contribution in [2.45, 2.75) is 25.5 Å². The van der Waals surface area contributed by atoms with Crippen LogP contribution in [0.15, 0.2) is 60.7 Å². The summed E-state index contributed by atoms with van der Waals surface area (Å²) in [6.07, 6.45) is -0.985. The summed E-state index contributed by atoms with van der Waals surface area (Å²) in [5.74, 6) is -1.74. The van der Waals surface area contributed by atoms with Crippen molar-refractivity contribution in [3.8, 4) is 0 Å². The standard InChI is InChI=1S/C22H24N2O6/c1-29-20(26)13-18(25)14-23-21(27)19(12-16-8-4-2-5-9-16)24-22(28)30-15-17-10-6-3-7-11-17/h2-11,19H,12-15H2,1H3,(H,23,27)(H,24,28)/t19-/m0/s1. The van der Waals surface area contributed by atoms with Crippen LogP contribution in [0.5, 0.6) is 0 Å². The highest BCUT2D eigenvalue weighted by Gasteiger charge is 2.23. The number of Topliss-reactive ketones (excluding diaryl/α,β-unsaturated/α-hetero) is 1. The summed E-state index contributed by atoms with van der Waals surface area (Å²) in [5, 5.41) is 4.98. The number of alkyl carbamates (subject to hydrolysis) is 1. The van der Waals surface area contributed by atoms with Crippen LogP contribution >= 0.6 is 0 Å². The van der Waals surface area contributed by atoms with Gasteiger partial charge in [-0.2, -0.15) is 0 Å². The van der Waals surface area contributed by atoms with Crippen LogP contribution in [0.4, 0.5) is 4.79 Å². The Labute approximate surface area is 174 Å². The molecule has 2 aromatic rings. The molecule has 0 unspecified atom stereocenters. The van der Waals surface area contributed by atoms with Crippen molar-refractivity contribution in [2.24, 2.45) is 0 Å². The minimum Gasteiger partial charge on any atom is -0.469 e. The van der Waals surface area contributed by atoms with Gasteiger partial charge in [-0.1, -0.05) is 60.7 Å². The van der Waals surface area contributed by atoms with Crippen LogP contribution in [0.3, 0.4) is 0 Å². The number of esters is 1. The van der Waals surface area contributed by atoms with Crippen LogP contribution in [0, 0.1) is 0 Å². The molecule has 2 N–H and O–H groups in total. The van der Waals surface area contributed by atoms with Gasteiger partial charge in [0.25, 0.3) is 0 Å². The molecule has 0 aromatic heterocycles. The highest BCUT2D eigenvalue weighted by molar-refractivity contribution is 5.98. The first kappa shape index (κ1) is 22.6. The van der Waals surface area contributed by atoms with Gasteiger partial charge in [0.1, 0.15) is 19.1 Å². The van der Waals surface area contributed by atoms with E-state index in [0.29, 0.717) is 0 Å². The number of benzene rings is 2. The molecule has 2 rings (SSSR count). The molecule has 0 bridgehead atoms. The number of amides is 2. The number of rotatable bonds is 10. The van der Waals surface area contributed by atoms with Crippen molar-refractivity contribution in [2.75, 3.05) is 13.7 Å². The summed E-state index contributed by atoms with van der Waals surface area (Å²) in [6, 6.07) is 17.3. The van der Waals surface area contributed by atoms with Gasteiger partial charge in [0.15, 0.2) is 5.78 Å². The lowest BCUT2D eigenvalue weighted by Crippen LogP contribution is -2.49. The first-order valence-electron chi connectivity index (χ1n) is 9.35. The van der Waals surface area contributed by atoms with Crippen molar-refractivity contribution >= 4 is 23.8 Å². The predicted octanol–water partition coefficient (Wildman–Crippen LogP) is 1.77. The molecule has 0 spiro atoms. The number of ketones is 1. The number of hydrogen-bond acceptors (Lipinski definition) is 6. The number of methoxy groups -OCH3 is 1. The lowest BCUT2D eigenvalue weighted by molar-refractivity contribution is -0.143. The molecule has 1 atom stereocenters. The Morgan fingerprint density at radius 2 is 1.50 bits per heavy atom. The Kier molecular flexibility index (Phi) is 9.05. The van der Waals surface area contributed by atoms with E-state index in [2.05, 4.69) is 15.4 Å². The Hall–Kier alpha value is -3.68. The van der Waals surface area contributed by atoms with Crippen LogP contribution in [-0.2, 0) is 36.9 Å². The molecule has 8 nitrogen and oxygen atoms in total. The second-order valence-electron chi connectivity index (χ2n) is 6.46. The number of nitrogens with one attached hydrogen (secondary N) is 2. The van der Waals surface area contributed by atoms with E-state index in [1.165, 1.54) is 7.11 Å². The van der Waals surface area contributed by atoms with Gasteiger partial charge in [0.2, 0.25) is 5.91 Å². The van der Waals surface area contributed by atoms with E-state index < -0.39 is 36.2 Å². The number of hydrogen-bond donors (Lipinski definition) is 2. The van der Waals surface area contributed by atoms with Crippen molar-refractivity contribution in [1.29, 1.82) is 0 Å². The van der Waals surface area contributed by atoms with Gasteiger partial charge >= 0.3 is 12.1 Å². The van der Waals surface area contributed by atoms with Crippen molar-refractivity contribution in [3.05, 3.63) is 71.8 Å². The molecule has 0 fully saturated rings. The molecule has 30 heavy (non-hydrogen) atoms. The van der Waals surface area contributed by atoms with Crippen LogP contribution < -0.4 is 10.6 Å². The highest BCUT2D eigenvalue weighted by atomic mass is 16.5. The van der Waals surface area contributed by atoms with Crippen molar-refractivity contribution in [1.82, 2.24) is 10.6 Å². The molecule has 0 heterocycles. The molecule has 0 aliphatic carbocycles. The third-order valence-electron chi connectivity index (χ3n) is 4.13. The van der Waals surface area contributed by atoms with Crippen LogP contribution in [-0.4, -0.2) is 43.4 Å². The van der Waals surface area contributed by atoms with E-state index in [4.69, 9.17) is 4.74 Å². The molecule has 2 aromatic carbocycles. The summed E-state index contributed by atoms with van der Waals surface area (Å²) in [7, 11) is 1.18. The molecule has 0 radical (unpaired) electrons. The van der Waals surface area contributed by atoms with E-state index in [-0.39, 0.29) is 19.6 Å². The zero-order valence-corrected chi connectivity index (χ0v) is 16.6. The lowest BCUT2D eigenvalue weighted by atomic mass is 10.1. The van der Waals surface area contributed by atoms with Gasteiger partial charge in [-0.25, -0.2) is 4.79 Å². The third-order valence-corrected chi connectivity index (χ3v) is 4.13. The molecule has 0 saturated heterocycles. The van der Waals surface area contributed by atoms with Gasteiger partial charge < -0.3 is 20.1 Å². The first-order chi connectivity index (χ1) is 14.5. The second-order valence-corrected chi connectivity index (χ2v) is 6.46. The molecule has 158 valence electrons. The van der Waals surface area contributed by atoms with Crippen molar-refractivity contribution < 1.29 is 28.7 Å². The average molecular weight is 412 g/mol. The third kappa shape index (κ3) is 8.14. The molecule has 0 aliphatic heterocycles. The molecule has 0 aliphatic rings. The van der Waals surface area contributed by atoms with Gasteiger partial charge in [-0.15, -0.1) is 0 Å². The zero-order chi connectivity index (χ0) is 21.8. The summed E-state index contributed by atoms with van der Waals surface area (Å²) in [6.45, 7) is -0.288. The largest absolute Gasteiger partial charge is 0.469 e. The van der Waals surface area contributed by atoms with Gasteiger partial charge in [0, 0.05) is 6.42 Å². The fourth-order valence-corrected chi connectivity index (χ4v) is 2.57. The topological polar surface area (TPSA) is 111 Å². The van der Waals surface area contributed by atoms with Gasteiger partial charge in [-0.05, 0) is 11.1 Å². The minimum absolute atomic E-state index is 0.0595. The summed E-state index contributed by atoms with van der Waals surface area (Å²) in [5.41, 5.74) is 1.63. The van der Waals surface area contributed by atoms with Crippen molar-refractivity contribution in [3.63, 3.8) is 0 Å². The lowest BCUT2D eigenvalue weighted by Gasteiger charge is -2.18. The average Bonchev–Trinajstić information content (AvgIpc) is 2.77. The van der Waals surface area contributed by atoms with Crippen LogP contribution in [0.2, 0.25) is 0 Å². The normalized spacial score (nSPS) is 11.1. The SMILES string of the molecule is COC(=O)CC(=O)CNC(=O)[C@H](Cc1ccccc1)NC(=O)OCc1ccccc1. The zero-order valence-electron chi connectivity index (χ0n) is 16.6. The van der Waals surface area contributed by atoms with Crippen LogP contribution in [0.25, 0.3) is 0 Å². The Morgan fingerprint density at radius 1 is 0.900 bits per heavy atom. The van der Waals surface area contributed by atoms with E-state index in [0.717, 1.165) is 11.1 Å². The first-order valence-corrected chi connectivity index (χ1v) is 9.35. The maximum Gasteiger partial charge on any atom is 0.408 e. The number of carbonyl (C=O) groups is 4. The van der Waals surface area contributed by atoms with E-state index >= 15 is 0 Å². The summed E-state index contributed by atoms with van der Waals surface area (Å²) in [4.78, 5) is 47.7. The monoisotopic (exact) mass is 412 g/mol. The minimum atomic E-state index is -0.957. The molecule has 2 amide bonds. The molecular weight excluding hydrogens is 388 g/mol. The second kappa shape index (κ2) is 12.0. The summed E-state index contributed by atoms with van der Waals surface area (Å²) >= 11 is 0. The predicted molar refractivity (Wildman–Crippen MR) is 108 cm³/mol. The van der Waals surface area contributed by atoms with E-state index in [9.17, 15) is 19.2 Å².